The maximum Gasteiger partial charge on any atom is 0.336 e. The highest BCUT2D eigenvalue weighted by Gasteiger charge is 2.48. The van der Waals surface area contributed by atoms with E-state index in [2.05, 4.69) is 38.5 Å². The van der Waals surface area contributed by atoms with E-state index in [9.17, 15) is 14.4 Å². The van der Waals surface area contributed by atoms with Gasteiger partial charge in [0.1, 0.15) is 12.8 Å². The van der Waals surface area contributed by atoms with Crippen molar-refractivity contribution in [3.63, 3.8) is 0 Å². The molecule has 2 aliphatic heterocycles. The number of hydrogen-bond acceptors (Lipinski definition) is 5. The first-order valence-corrected chi connectivity index (χ1v) is 8.84. The summed E-state index contributed by atoms with van der Waals surface area (Å²) >= 11 is 3.38. The molecule has 0 saturated carbocycles. The molecule has 1 fully saturated rings. The van der Waals surface area contributed by atoms with E-state index in [1.54, 1.807) is 6.92 Å². The van der Waals surface area contributed by atoms with E-state index < -0.39 is 35.9 Å². The van der Waals surface area contributed by atoms with Gasteiger partial charge in [-0.15, -0.1) is 0 Å². The third-order valence-electron chi connectivity index (χ3n) is 4.41. The van der Waals surface area contributed by atoms with Crippen molar-refractivity contribution in [2.45, 2.75) is 19.0 Å². The van der Waals surface area contributed by atoms with Gasteiger partial charge < -0.3 is 15.4 Å². The fourth-order valence-electron chi connectivity index (χ4n) is 3.34. The molecular formula is C18H18BrN3O4. The molecule has 1 aromatic carbocycles. The van der Waals surface area contributed by atoms with E-state index in [0.29, 0.717) is 11.3 Å². The maximum absolute atomic E-state index is 12.7. The number of carbonyl (C=O) groups excluding carboxylic acids is 3. The lowest BCUT2D eigenvalue weighted by molar-refractivity contribution is -0.139. The molecule has 0 bridgehead atoms. The molecule has 3 amide bonds. The van der Waals surface area contributed by atoms with Crippen molar-refractivity contribution < 1.29 is 19.1 Å². The van der Waals surface area contributed by atoms with Crippen LogP contribution in [0.15, 0.2) is 52.7 Å². The molecule has 26 heavy (non-hydrogen) atoms. The highest BCUT2D eigenvalue weighted by molar-refractivity contribution is 9.10. The number of ether oxygens (including phenoxy) is 1. The van der Waals surface area contributed by atoms with Crippen molar-refractivity contribution in [1.29, 1.82) is 0 Å². The lowest BCUT2D eigenvalue weighted by Gasteiger charge is -2.42. The molecule has 7 nitrogen and oxygen atoms in total. The van der Waals surface area contributed by atoms with Gasteiger partial charge in [0, 0.05) is 16.1 Å². The summed E-state index contributed by atoms with van der Waals surface area (Å²) in [7, 11) is 0. The Balaban J connectivity index is 2.09. The Morgan fingerprint density at radius 2 is 1.96 bits per heavy atom. The molecular weight excluding hydrogens is 402 g/mol. The fraction of sp³-hybridized carbons (Fsp3) is 0.278. The smallest absolute Gasteiger partial charge is 0.336 e. The molecule has 2 heterocycles. The number of carbonyl (C=O) groups is 3. The monoisotopic (exact) mass is 419 g/mol. The van der Waals surface area contributed by atoms with E-state index in [0.717, 1.165) is 10.0 Å². The number of allylic oxidation sites excluding steroid dienone is 1. The first kappa shape index (κ1) is 18.2. The highest BCUT2D eigenvalue weighted by Crippen LogP contribution is 2.40. The predicted octanol–water partition coefficient (Wildman–Crippen LogP) is 1.92. The van der Waals surface area contributed by atoms with Crippen LogP contribution in [0.5, 0.6) is 0 Å². The lowest BCUT2D eigenvalue weighted by Crippen LogP contribution is -2.66. The summed E-state index contributed by atoms with van der Waals surface area (Å²) < 4.78 is 6.11. The lowest BCUT2D eigenvalue weighted by atomic mass is 9.74. The molecule has 0 aliphatic carbocycles. The van der Waals surface area contributed by atoms with E-state index >= 15 is 0 Å². The number of rotatable bonds is 4. The third kappa shape index (κ3) is 3.37. The second-order valence-corrected chi connectivity index (χ2v) is 6.98. The van der Waals surface area contributed by atoms with Crippen molar-refractivity contribution in [1.82, 2.24) is 16.0 Å². The molecule has 2 aliphatic rings. The Morgan fingerprint density at radius 3 is 2.62 bits per heavy atom. The molecule has 1 aromatic rings. The van der Waals surface area contributed by atoms with E-state index in [4.69, 9.17) is 4.74 Å². The summed E-state index contributed by atoms with van der Waals surface area (Å²) in [6.45, 7) is 5.34. The Bertz CT molecular complexity index is 803. The number of halogens is 1. The fourth-order valence-corrected chi connectivity index (χ4v) is 3.61. The molecule has 1 saturated heterocycles. The van der Waals surface area contributed by atoms with Gasteiger partial charge in [0.25, 0.3) is 0 Å². The van der Waals surface area contributed by atoms with Gasteiger partial charge in [-0.1, -0.05) is 40.7 Å². The number of esters is 1. The van der Waals surface area contributed by atoms with Crippen molar-refractivity contribution >= 4 is 33.8 Å². The highest BCUT2D eigenvalue weighted by atomic mass is 79.9. The van der Waals surface area contributed by atoms with Crippen LogP contribution in [0.4, 0.5) is 4.79 Å². The number of amides is 3. The Hall–Kier alpha value is -2.61. The zero-order valence-corrected chi connectivity index (χ0v) is 15.6. The maximum atomic E-state index is 12.7. The average molecular weight is 420 g/mol. The largest absolute Gasteiger partial charge is 0.458 e. The number of benzene rings is 1. The van der Waals surface area contributed by atoms with Gasteiger partial charge in [-0.05, 0) is 24.6 Å². The minimum absolute atomic E-state index is 0.0691. The first-order chi connectivity index (χ1) is 12.4. The Kier molecular flexibility index (Phi) is 5.13. The topological polar surface area (TPSA) is 96.5 Å². The van der Waals surface area contributed by atoms with Crippen LogP contribution in [0.1, 0.15) is 18.4 Å². The van der Waals surface area contributed by atoms with E-state index in [1.165, 1.54) is 6.08 Å². The summed E-state index contributed by atoms with van der Waals surface area (Å²) in [5.74, 6) is -2.22. The van der Waals surface area contributed by atoms with Crippen LogP contribution in [0, 0.1) is 5.92 Å². The van der Waals surface area contributed by atoms with Crippen molar-refractivity contribution in [3.05, 3.63) is 58.2 Å². The number of nitrogens with one attached hydrogen (secondary N) is 3. The molecule has 3 atom stereocenters. The SMILES string of the molecule is C=CCOC(=O)C1=C(C)NC2NC(=O)NC(=O)C2C1c1ccc(Br)cc1. The molecule has 8 heteroatoms. The van der Waals surface area contributed by atoms with Crippen molar-refractivity contribution in [3.8, 4) is 0 Å². The van der Waals surface area contributed by atoms with Crippen LogP contribution in [0.3, 0.4) is 0 Å². The molecule has 0 aromatic heterocycles. The summed E-state index contributed by atoms with van der Waals surface area (Å²) in [6, 6.07) is 6.80. The summed E-state index contributed by atoms with van der Waals surface area (Å²) in [5, 5.41) is 8.03. The van der Waals surface area contributed by atoms with Crippen LogP contribution >= 0.6 is 15.9 Å². The van der Waals surface area contributed by atoms with Gasteiger partial charge in [0.15, 0.2) is 0 Å². The van der Waals surface area contributed by atoms with Crippen LogP contribution in [-0.4, -0.2) is 30.7 Å². The number of fused-ring (bicyclic) bond motifs is 1. The van der Waals surface area contributed by atoms with Gasteiger partial charge in [-0.2, -0.15) is 0 Å². The quantitative estimate of drug-likeness (QED) is 0.511. The number of imide groups is 1. The van der Waals surface area contributed by atoms with Gasteiger partial charge >= 0.3 is 12.0 Å². The third-order valence-corrected chi connectivity index (χ3v) is 4.94. The minimum Gasteiger partial charge on any atom is -0.458 e. The normalized spacial score (nSPS) is 24.8. The van der Waals surface area contributed by atoms with Crippen LogP contribution in [-0.2, 0) is 14.3 Å². The molecule has 0 spiro atoms. The second-order valence-electron chi connectivity index (χ2n) is 6.07. The van der Waals surface area contributed by atoms with E-state index in [1.807, 2.05) is 24.3 Å². The summed E-state index contributed by atoms with van der Waals surface area (Å²) in [4.78, 5) is 36.9. The van der Waals surface area contributed by atoms with Crippen molar-refractivity contribution in [2.75, 3.05) is 6.61 Å². The van der Waals surface area contributed by atoms with Crippen LogP contribution < -0.4 is 16.0 Å². The molecule has 3 N–H and O–H groups in total. The van der Waals surface area contributed by atoms with Crippen LogP contribution in [0.25, 0.3) is 0 Å². The Labute approximate surface area is 159 Å². The first-order valence-electron chi connectivity index (χ1n) is 8.04. The Morgan fingerprint density at radius 1 is 1.27 bits per heavy atom. The predicted molar refractivity (Wildman–Crippen MR) is 97.8 cm³/mol. The summed E-state index contributed by atoms with van der Waals surface area (Å²) in [5.41, 5.74) is 1.70. The van der Waals surface area contributed by atoms with Gasteiger partial charge in [0.2, 0.25) is 5.91 Å². The molecule has 3 unspecified atom stereocenters. The zero-order valence-electron chi connectivity index (χ0n) is 14.0. The average Bonchev–Trinajstić information content (AvgIpc) is 2.59. The van der Waals surface area contributed by atoms with Crippen LogP contribution in [0.2, 0.25) is 0 Å². The van der Waals surface area contributed by atoms with Gasteiger partial charge in [-0.25, -0.2) is 9.59 Å². The number of hydrogen-bond donors (Lipinski definition) is 3. The summed E-state index contributed by atoms with van der Waals surface area (Å²) in [6.07, 6.45) is 0.871. The van der Waals surface area contributed by atoms with E-state index in [-0.39, 0.29) is 6.61 Å². The molecule has 3 rings (SSSR count). The molecule has 136 valence electrons. The van der Waals surface area contributed by atoms with Gasteiger partial charge in [0.05, 0.1) is 11.5 Å². The van der Waals surface area contributed by atoms with Gasteiger partial charge in [-0.3, -0.25) is 10.1 Å². The second kappa shape index (κ2) is 7.33. The number of urea groups is 1. The standard InChI is InChI=1S/C18H18BrN3O4/c1-3-8-26-17(24)12-9(2)20-15-14(16(23)22-18(25)21-15)13(12)10-4-6-11(19)7-5-10/h3-7,13-15,20H,1,8H2,2H3,(H2,21,22,23,25). The van der Waals surface area contributed by atoms with Crippen molar-refractivity contribution in [2.24, 2.45) is 5.92 Å². The minimum atomic E-state index is -0.691. The zero-order chi connectivity index (χ0) is 18.8. The molecule has 0 radical (unpaired) electrons.